The van der Waals surface area contributed by atoms with Crippen LogP contribution in [0.25, 0.3) is 0 Å². The van der Waals surface area contributed by atoms with Gasteiger partial charge in [0.25, 0.3) is 5.56 Å². The molecule has 2 aromatic rings. The van der Waals surface area contributed by atoms with Crippen LogP contribution < -0.4 is 10.9 Å². The normalized spacial score (nSPS) is 10.1. The van der Waals surface area contributed by atoms with Crippen molar-refractivity contribution in [2.45, 2.75) is 13.5 Å². The molecule has 0 bridgehead atoms. The summed E-state index contributed by atoms with van der Waals surface area (Å²) >= 11 is 0. The van der Waals surface area contributed by atoms with E-state index in [4.69, 9.17) is 0 Å². The first-order valence-electron chi connectivity index (χ1n) is 6.34. The van der Waals surface area contributed by atoms with E-state index in [9.17, 15) is 9.59 Å². The lowest BCUT2D eigenvalue weighted by atomic mass is 10.2. The summed E-state index contributed by atoms with van der Waals surface area (Å²) in [4.78, 5) is 24.7. The van der Waals surface area contributed by atoms with Crippen molar-refractivity contribution < 1.29 is 4.79 Å². The van der Waals surface area contributed by atoms with Gasteiger partial charge < -0.3 is 4.90 Å². The molecular formula is C14H16N4O2. The molecule has 0 aliphatic heterocycles. The third-order valence-corrected chi connectivity index (χ3v) is 2.80. The molecule has 0 unspecified atom stereocenters. The van der Waals surface area contributed by atoms with E-state index < -0.39 is 0 Å². The minimum atomic E-state index is -0.306. The number of carbonyl (C=O) groups excluding carboxylic acids is 1. The highest BCUT2D eigenvalue weighted by atomic mass is 16.2. The maximum absolute atomic E-state index is 12.1. The van der Waals surface area contributed by atoms with Crippen LogP contribution in [0.3, 0.4) is 0 Å². The Hall–Kier alpha value is -2.63. The topological polar surface area (TPSA) is 78.1 Å². The van der Waals surface area contributed by atoms with Crippen molar-refractivity contribution in [3.63, 3.8) is 0 Å². The summed E-state index contributed by atoms with van der Waals surface area (Å²) in [5, 5.41) is 8.67. The smallest absolute Gasteiger partial charge is 0.320 e. The van der Waals surface area contributed by atoms with Crippen LogP contribution in [0.4, 0.5) is 10.6 Å². The average Bonchev–Trinajstić information content (AvgIpc) is 2.48. The molecule has 0 fully saturated rings. The van der Waals surface area contributed by atoms with Crippen LogP contribution in [0.1, 0.15) is 12.5 Å². The molecule has 1 aromatic heterocycles. The second kappa shape index (κ2) is 6.51. The highest BCUT2D eigenvalue weighted by Gasteiger charge is 2.12. The number of aromatic nitrogens is 2. The third kappa shape index (κ3) is 3.68. The van der Waals surface area contributed by atoms with Gasteiger partial charge in [0.2, 0.25) is 0 Å². The number of hydrogen-bond acceptors (Lipinski definition) is 3. The molecule has 0 aliphatic rings. The molecule has 104 valence electrons. The van der Waals surface area contributed by atoms with Crippen LogP contribution in [0.5, 0.6) is 0 Å². The Morgan fingerprint density at radius 2 is 2.00 bits per heavy atom. The summed E-state index contributed by atoms with van der Waals surface area (Å²) in [5.41, 5.74) is 0.749. The Morgan fingerprint density at radius 1 is 1.25 bits per heavy atom. The summed E-state index contributed by atoms with van der Waals surface area (Å²) in [6.07, 6.45) is 0. The average molecular weight is 272 g/mol. The monoisotopic (exact) mass is 272 g/mol. The zero-order valence-corrected chi connectivity index (χ0v) is 11.2. The second-order valence-electron chi connectivity index (χ2n) is 4.24. The van der Waals surface area contributed by atoms with Gasteiger partial charge in [0, 0.05) is 19.2 Å². The molecule has 20 heavy (non-hydrogen) atoms. The van der Waals surface area contributed by atoms with Gasteiger partial charge in [-0.3, -0.25) is 10.1 Å². The lowest BCUT2D eigenvalue weighted by Crippen LogP contribution is -2.34. The van der Waals surface area contributed by atoms with Gasteiger partial charge in [-0.15, -0.1) is 0 Å². The number of benzene rings is 1. The van der Waals surface area contributed by atoms with Crippen LogP contribution in [0.2, 0.25) is 0 Å². The van der Waals surface area contributed by atoms with Crippen LogP contribution in [-0.2, 0) is 6.54 Å². The van der Waals surface area contributed by atoms with Crippen molar-refractivity contribution >= 4 is 11.8 Å². The van der Waals surface area contributed by atoms with Gasteiger partial charge in [0.1, 0.15) is 0 Å². The molecule has 0 saturated heterocycles. The third-order valence-electron chi connectivity index (χ3n) is 2.80. The van der Waals surface area contributed by atoms with Crippen molar-refractivity contribution in [3.05, 3.63) is 58.4 Å². The maximum Gasteiger partial charge on any atom is 0.323 e. The Balaban J connectivity index is 2.02. The lowest BCUT2D eigenvalue weighted by molar-refractivity contribution is 0.212. The SMILES string of the molecule is CCN(Cc1ccccc1)C(=O)Nc1ccc(=O)[nH]n1. The van der Waals surface area contributed by atoms with E-state index in [2.05, 4.69) is 15.5 Å². The summed E-state index contributed by atoms with van der Waals surface area (Å²) < 4.78 is 0. The first-order chi connectivity index (χ1) is 9.69. The number of anilines is 1. The zero-order valence-electron chi connectivity index (χ0n) is 11.2. The molecule has 2 amide bonds. The first kappa shape index (κ1) is 13.8. The predicted octanol–water partition coefficient (Wildman–Crippen LogP) is 1.82. The fourth-order valence-corrected chi connectivity index (χ4v) is 1.73. The first-order valence-corrected chi connectivity index (χ1v) is 6.34. The summed E-state index contributed by atoms with van der Waals surface area (Å²) in [5.74, 6) is 0.320. The van der Waals surface area contributed by atoms with Crippen LogP contribution >= 0.6 is 0 Å². The molecule has 0 aliphatic carbocycles. The molecule has 6 nitrogen and oxygen atoms in total. The summed E-state index contributed by atoms with van der Waals surface area (Å²) in [7, 11) is 0. The highest BCUT2D eigenvalue weighted by Crippen LogP contribution is 2.06. The number of nitrogens with zero attached hydrogens (tertiary/aromatic N) is 2. The molecule has 1 heterocycles. The van der Waals surface area contributed by atoms with Crippen molar-refractivity contribution in [1.82, 2.24) is 15.1 Å². The van der Waals surface area contributed by atoms with Gasteiger partial charge in [0.15, 0.2) is 5.82 Å². The van der Waals surface area contributed by atoms with Crippen molar-refractivity contribution in [2.75, 3.05) is 11.9 Å². The number of nitrogens with one attached hydrogen (secondary N) is 2. The van der Waals surface area contributed by atoms with Gasteiger partial charge in [-0.2, -0.15) is 5.10 Å². The van der Waals surface area contributed by atoms with Gasteiger partial charge in [-0.05, 0) is 18.6 Å². The standard InChI is InChI=1S/C14H16N4O2/c1-2-18(10-11-6-4-3-5-7-11)14(20)15-12-8-9-13(19)17-16-12/h3-9H,2,10H2,1H3,(H,17,19)(H,15,16,20). The van der Waals surface area contributed by atoms with Gasteiger partial charge >= 0.3 is 6.03 Å². The van der Waals surface area contributed by atoms with Gasteiger partial charge in [0.05, 0.1) is 0 Å². The second-order valence-corrected chi connectivity index (χ2v) is 4.24. The Morgan fingerprint density at radius 3 is 2.60 bits per heavy atom. The van der Waals surface area contributed by atoms with E-state index in [1.165, 1.54) is 12.1 Å². The summed E-state index contributed by atoms with van der Waals surface area (Å²) in [6.45, 7) is 3.00. The molecule has 0 atom stereocenters. The van der Waals surface area contributed by atoms with Crippen LogP contribution in [-0.4, -0.2) is 27.7 Å². The minimum absolute atomic E-state index is 0.254. The molecule has 2 rings (SSSR count). The van der Waals surface area contributed by atoms with E-state index >= 15 is 0 Å². The van der Waals surface area contributed by atoms with E-state index in [1.807, 2.05) is 37.3 Å². The predicted molar refractivity (Wildman–Crippen MR) is 76.4 cm³/mol. The number of aromatic amines is 1. The van der Waals surface area contributed by atoms with E-state index in [1.54, 1.807) is 4.90 Å². The zero-order chi connectivity index (χ0) is 14.4. The molecule has 0 radical (unpaired) electrons. The largest absolute Gasteiger partial charge is 0.323 e. The van der Waals surface area contributed by atoms with Crippen LogP contribution in [0.15, 0.2) is 47.3 Å². The molecular weight excluding hydrogens is 256 g/mol. The van der Waals surface area contributed by atoms with Gasteiger partial charge in [-0.25, -0.2) is 9.89 Å². The Labute approximate surface area is 116 Å². The molecule has 0 spiro atoms. The number of amides is 2. The molecule has 6 heteroatoms. The number of H-pyrrole nitrogens is 1. The lowest BCUT2D eigenvalue weighted by Gasteiger charge is -2.21. The number of rotatable bonds is 4. The van der Waals surface area contributed by atoms with Crippen molar-refractivity contribution in [2.24, 2.45) is 0 Å². The fraction of sp³-hybridized carbons (Fsp3) is 0.214. The van der Waals surface area contributed by atoms with Gasteiger partial charge in [-0.1, -0.05) is 30.3 Å². The van der Waals surface area contributed by atoms with E-state index in [0.717, 1.165) is 5.56 Å². The number of urea groups is 1. The van der Waals surface area contributed by atoms with E-state index in [0.29, 0.717) is 18.9 Å². The Bertz CT molecular complexity index is 604. The number of carbonyl (C=O) groups is 1. The maximum atomic E-state index is 12.1. The fourth-order valence-electron chi connectivity index (χ4n) is 1.73. The number of hydrogen-bond donors (Lipinski definition) is 2. The van der Waals surface area contributed by atoms with Crippen molar-refractivity contribution in [1.29, 1.82) is 0 Å². The highest BCUT2D eigenvalue weighted by molar-refractivity contribution is 5.88. The summed E-state index contributed by atoms with van der Waals surface area (Å²) in [6, 6.07) is 12.3. The quantitative estimate of drug-likeness (QED) is 0.891. The van der Waals surface area contributed by atoms with Crippen molar-refractivity contribution in [3.8, 4) is 0 Å². The van der Waals surface area contributed by atoms with E-state index in [-0.39, 0.29) is 11.6 Å². The molecule has 2 N–H and O–H groups in total. The minimum Gasteiger partial charge on any atom is -0.320 e. The van der Waals surface area contributed by atoms with Crippen LogP contribution in [0, 0.1) is 0 Å². The molecule has 1 aromatic carbocycles. The Kier molecular flexibility index (Phi) is 4.49. The molecule has 0 saturated carbocycles.